The van der Waals surface area contributed by atoms with Crippen LogP contribution in [0.2, 0.25) is 0 Å². The number of aryl methyl sites for hydroxylation is 1. The Kier molecular flexibility index (Phi) is 5.08. The van der Waals surface area contributed by atoms with E-state index in [-0.39, 0.29) is 25.6 Å². The molecule has 0 saturated carbocycles. The largest absolute Gasteiger partial charge is 0.465 e. The molecule has 8 heteroatoms. The normalized spacial score (nSPS) is 10.8. The lowest BCUT2D eigenvalue weighted by Crippen LogP contribution is -2.33. The number of rotatable bonds is 6. The zero-order valence-corrected chi connectivity index (χ0v) is 14.8. The van der Waals surface area contributed by atoms with E-state index in [4.69, 9.17) is 4.74 Å². The topological polar surface area (TPSA) is 86.1 Å². The van der Waals surface area contributed by atoms with Crippen molar-refractivity contribution in [3.63, 3.8) is 0 Å². The minimum absolute atomic E-state index is 0.00929. The van der Waals surface area contributed by atoms with E-state index in [0.717, 1.165) is 21.5 Å². The highest BCUT2D eigenvalue weighted by molar-refractivity contribution is 7.13. The first-order valence-corrected chi connectivity index (χ1v) is 8.76. The molecular formula is C17H18N4O3S. The van der Waals surface area contributed by atoms with Gasteiger partial charge < -0.3 is 10.1 Å². The van der Waals surface area contributed by atoms with Gasteiger partial charge in [0.05, 0.1) is 17.7 Å². The van der Waals surface area contributed by atoms with Crippen LogP contribution in [0.4, 0.5) is 0 Å². The van der Waals surface area contributed by atoms with Gasteiger partial charge in [-0.05, 0) is 31.4 Å². The molecule has 3 rings (SSSR count). The van der Waals surface area contributed by atoms with E-state index < -0.39 is 5.97 Å². The number of hydrogen-bond donors (Lipinski definition) is 1. The molecule has 0 bridgehead atoms. The first-order valence-electron chi connectivity index (χ1n) is 7.88. The zero-order chi connectivity index (χ0) is 17.8. The van der Waals surface area contributed by atoms with E-state index >= 15 is 0 Å². The molecule has 0 radical (unpaired) electrons. The third-order valence-electron chi connectivity index (χ3n) is 3.62. The molecule has 0 spiro atoms. The van der Waals surface area contributed by atoms with Gasteiger partial charge in [-0.1, -0.05) is 6.07 Å². The molecular weight excluding hydrogens is 340 g/mol. The standard InChI is InChI=1S/C17H18N4O3S/c1-3-24-15(23)9-19-14(22)10-21-17-16(11(2)20-21)12(6-7-18-17)13-5-4-8-25-13/h4-8H,3,9-10H2,1-2H3,(H,19,22). The van der Waals surface area contributed by atoms with Gasteiger partial charge in [0.1, 0.15) is 13.1 Å². The lowest BCUT2D eigenvalue weighted by molar-refractivity contribution is -0.143. The van der Waals surface area contributed by atoms with Crippen molar-refractivity contribution in [1.29, 1.82) is 0 Å². The summed E-state index contributed by atoms with van der Waals surface area (Å²) in [5.41, 5.74) is 2.51. The molecule has 7 nitrogen and oxygen atoms in total. The van der Waals surface area contributed by atoms with Crippen LogP contribution in [-0.4, -0.2) is 39.8 Å². The third-order valence-corrected chi connectivity index (χ3v) is 4.53. The van der Waals surface area contributed by atoms with Crippen molar-refractivity contribution in [3.05, 3.63) is 35.5 Å². The van der Waals surface area contributed by atoms with Crippen LogP contribution in [0.25, 0.3) is 21.5 Å². The summed E-state index contributed by atoms with van der Waals surface area (Å²) in [5.74, 6) is -0.781. The number of pyridine rings is 1. The van der Waals surface area contributed by atoms with Crippen LogP contribution in [0.1, 0.15) is 12.6 Å². The second kappa shape index (κ2) is 7.43. The van der Waals surface area contributed by atoms with Crippen LogP contribution in [0, 0.1) is 6.92 Å². The fourth-order valence-electron chi connectivity index (χ4n) is 2.60. The number of hydrogen-bond acceptors (Lipinski definition) is 6. The number of nitrogens with one attached hydrogen (secondary N) is 1. The molecule has 0 unspecified atom stereocenters. The van der Waals surface area contributed by atoms with Gasteiger partial charge in [-0.15, -0.1) is 11.3 Å². The third kappa shape index (κ3) is 3.69. The Balaban J connectivity index is 1.83. The Labute approximate surface area is 148 Å². The fraction of sp³-hybridized carbons (Fsp3) is 0.294. The maximum absolute atomic E-state index is 12.1. The predicted molar refractivity (Wildman–Crippen MR) is 95.2 cm³/mol. The number of ether oxygens (including phenoxy) is 1. The van der Waals surface area contributed by atoms with Gasteiger partial charge in [-0.2, -0.15) is 5.10 Å². The SMILES string of the molecule is CCOC(=O)CNC(=O)Cn1nc(C)c2c(-c3cccs3)ccnc21. The van der Waals surface area contributed by atoms with Crippen LogP contribution >= 0.6 is 11.3 Å². The summed E-state index contributed by atoms with van der Waals surface area (Å²) in [6.45, 7) is 3.74. The molecule has 0 aromatic carbocycles. The smallest absolute Gasteiger partial charge is 0.325 e. The summed E-state index contributed by atoms with van der Waals surface area (Å²) in [6.07, 6.45) is 1.71. The molecule has 0 aliphatic rings. The number of esters is 1. The van der Waals surface area contributed by atoms with Gasteiger partial charge in [0.2, 0.25) is 5.91 Å². The maximum atomic E-state index is 12.1. The predicted octanol–water partition coefficient (Wildman–Crippen LogP) is 2.15. The first kappa shape index (κ1) is 17.1. The van der Waals surface area contributed by atoms with Crippen molar-refractivity contribution < 1.29 is 14.3 Å². The highest BCUT2D eigenvalue weighted by atomic mass is 32.1. The maximum Gasteiger partial charge on any atom is 0.325 e. The van der Waals surface area contributed by atoms with E-state index in [0.29, 0.717) is 5.65 Å². The molecule has 3 aromatic rings. The number of carbonyl (C=O) groups excluding carboxylic acids is 2. The first-order chi connectivity index (χ1) is 12.1. The van der Waals surface area contributed by atoms with Crippen LogP contribution in [0.5, 0.6) is 0 Å². The Morgan fingerprint density at radius 1 is 1.36 bits per heavy atom. The minimum atomic E-state index is -0.463. The van der Waals surface area contributed by atoms with Gasteiger partial charge >= 0.3 is 5.97 Å². The van der Waals surface area contributed by atoms with Crippen LogP contribution < -0.4 is 5.32 Å². The van der Waals surface area contributed by atoms with Crippen LogP contribution in [0.3, 0.4) is 0 Å². The van der Waals surface area contributed by atoms with Crippen molar-refractivity contribution in [3.8, 4) is 10.4 Å². The zero-order valence-electron chi connectivity index (χ0n) is 14.0. The van der Waals surface area contributed by atoms with Gasteiger partial charge in [-0.3, -0.25) is 9.59 Å². The molecule has 3 aromatic heterocycles. The molecule has 1 amide bonds. The molecule has 0 aliphatic carbocycles. The lowest BCUT2D eigenvalue weighted by atomic mass is 10.1. The van der Waals surface area contributed by atoms with Crippen molar-refractivity contribution in [2.75, 3.05) is 13.2 Å². The summed E-state index contributed by atoms with van der Waals surface area (Å²) >= 11 is 1.64. The number of aromatic nitrogens is 3. The van der Waals surface area contributed by atoms with E-state index in [1.165, 1.54) is 0 Å². The average molecular weight is 358 g/mol. The van der Waals surface area contributed by atoms with Crippen molar-refractivity contribution in [2.24, 2.45) is 0 Å². The number of fused-ring (bicyclic) bond motifs is 1. The average Bonchev–Trinajstić information content (AvgIpc) is 3.22. The number of thiophene rings is 1. The molecule has 25 heavy (non-hydrogen) atoms. The fourth-order valence-corrected chi connectivity index (χ4v) is 3.36. The Bertz CT molecular complexity index is 902. The highest BCUT2D eigenvalue weighted by Crippen LogP contribution is 2.32. The minimum Gasteiger partial charge on any atom is -0.465 e. The highest BCUT2D eigenvalue weighted by Gasteiger charge is 2.16. The van der Waals surface area contributed by atoms with E-state index in [2.05, 4.69) is 15.4 Å². The summed E-state index contributed by atoms with van der Waals surface area (Å²) in [6, 6.07) is 5.99. The molecule has 0 atom stereocenters. The second-order valence-electron chi connectivity index (χ2n) is 5.36. The Morgan fingerprint density at radius 3 is 2.92 bits per heavy atom. The summed E-state index contributed by atoms with van der Waals surface area (Å²) < 4.78 is 6.34. The van der Waals surface area contributed by atoms with Crippen LogP contribution in [-0.2, 0) is 20.9 Å². The second-order valence-corrected chi connectivity index (χ2v) is 6.31. The quantitative estimate of drug-likeness (QED) is 0.682. The number of carbonyl (C=O) groups is 2. The summed E-state index contributed by atoms with van der Waals surface area (Å²) in [4.78, 5) is 28.9. The van der Waals surface area contributed by atoms with E-state index in [1.54, 1.807) is 29.1 Å². The van der Waals surface area contributed by atoms with Crippen molar-refractivity contribution >= 4 is 34.2 Å². The molecule has 130 valence electrons. The summed E-state index contributed by atoms with van der Waals surface area (Å²) in [5, 5.41) is 9.93. The van der Waals surface area contributed by atoms with Crippen LogP contribution in [0.15, 0.2) is 29.8 Å². The van der Waals surface area contributed by atoms with Gasteiger partial charge in [0, 0.05) is 16.6 Å². The monoisotopic (exact) mass is 358 g/mol. The van der Waals surface area contributed by atoms with Gasteiger partial charge in [0.15, 0.2) is 5.65 Å². The van der Waals surface area contributed by atoms with Gasteiger partial charge in [-0.25, -0.2) is 9.67 Å². The van der Waals surface area contributed by atoms with E-state index in [9.17, 15) is 9.59 Å². The van der Waals surface area contributed by atoms with Crippen molar-refractivity contribution in [1.82, 2.24) is 20.1 Å². The Morgan fingerprint density at radius 2 is 2.20 bits per heavy atom. The summed E-state index contributed by atoms with van der Waals surface area (Å²) in [7, 11) is 0. The molecule has 3 heterocycles. The number of nitrogens with zero attached hydrogens (tertiary/aromatic N) is 3. The molecule has 1 N–H and O–H groups in total. The van der Waals surface area contributed by atoms with Gasteiger partial charge in [0.25, 0.3) is 0 Å². The number of amides is 1. The van der Waals surface area contributed by atoms with E-state index in [1.807, 2.05) is 30.5 Å². The molecule has 0 saturated heterocycles. The Hall–Kier alpha value is -2.74. The molecule has 0 aliphatic heterocycles. The van der Waals surface area contributed by atoms with Crippen molar-refractivity contribution in [2.45, 2.75) is 20.4 Å². The molecule has 0 fully saturated rings. The lowest BCUT2D eigenvalue weighted by Gasteiger charge is -2.06.